The first kappa shape index (κ1) is 17.5. The maximum atomic E-state index is 12.7. The fourth-order valence-corrected chi connectivity index (χ4v) is 2.87. The van der Waals surface area contributed by atoms with E-state index in [0.29, 0.717) is 25.3 Å². The predicted molar refractivity (Wildman–Crippen MR) is 85.9 cm³/mol. The molecule has 3 N–H and O–H groups in total. The van der Waals surface area contributed by atoms with E-state index >= 15 is 0 Å². The molecule has 2 atom stereocenters. The zero-order valence-corrected chi connectivity index (χ0v) is 13.5. The Morgan fingerprint density at radius 2 is 2.17 bits per heavy atom. The van der Waals surface area contributed by atoms with Gasteiger partial charge in [-0.1, -0.05) is 13.3 Å². The van der Waals surface area contributed by atoms with Crippen molar-refractivity contribution in [3.8, 4) is 5.75 Å². The number of hydrogen-bond acceptors (Lipinski definition) is 3. The van der Waals surface area contributed by atoms with Gasteiger partial charge in [0.25, 0.3) is 0 Å². The highest BCUT2D eigenvalue weighted by Crippen LogP contribution is 2.37. The predicted octanol–water partition coefficient (Wildman–Crippen LogP) is 2.44. The quantitative estimate of drug-likeness (QED) is 0.675. The molecular formula is C17H25FN2O3. The van der Waals surface area contributed by atoms with Crippen LogP contribution in [0.5, 0.6) is 5.75 Å². The van der Waals surface area contributed by atoms with E-state index in [1.165, 1.54) is 12.1 Å². The molecule has 0 aliphatic heterocycles. The van der Waals surface area contributed by atoms with Crippen LogP contribution >= 0.6 is 0 Å². The monoisotopic (exact) mass is 324 g/mol. The van der Waals surface area contributed by atoms with Gasteiger partial charge in [0.05, 0.1) is 13.2 Å². The summed E-state index contributed by atoms with van der Waals surface area (Å²) in [6.45, 7) is 3.03. The fourth-order valence-electron chi connectivity index (χ4n) is 2.87. The van der Waals surface area contributed by atoms with Gasteiger partial charge in [-0.2, -0.15) is 0 Å². The SMILES string of the molecule is CC1(CO)CCCC1NC(=O)NCCCOc1ccc(F)cc1. The summed E-state index contributed by atoms with van der Waals surface area (Å²) in [6.07, 6.45) is 3.51. The third-order valence-corrected chi connectivity index (χ3v) is 4.44. The lowest BCUT2D eigenvalue weighted by Crippen LogP contribution is -2.48. The van der Waals surface area contributed by atoms with E-state index in [4.69, 9.17) is 4.74 Å². The Labute approximate surface area is 136 Å². The van der Waals surface area contributed by atoms with E-state index in [9.17, 15) is 14.3 Å². The highest BCUT2D eigenvalue weighted by molar-refractivity contribution is 5.74. The zero-order valence-electron chi connectivity index (χ0n) is 13.5. The Morgan fingerprint density at radius 1 is 1.43 bits per heavy atom. The first-order valence-electron chi connectivity index (χ1n) is 8.07. The summed E-state index contributed by atoms with van der Waals surface area (Å²) in [5.74, 6) is 0.318. The molecule has 0 spiro atoms. The molecule has 2 unspecified atom stereocenters. The van der Waals surface area contributed by atoms with Crippen molar-refractivity contribution in [1.29, 1.82) is 0 Å². The molecule has 2 amide bonds. The summed E-state index contributed by atoms with van der Waals surface area (Å²) in [5.41, 5.74) is -0.219. The maximum Gasteiger partial charge on any atom is 0.315 e. The number of aliphatic hydroxyl groups excluding tert-OH is 1. The van der Waals surface area contributed by atoms with Crippen molar-refractivity contribution < 1.29 is 19.0 Å². The average Bonchev–Trinajstić information content (AvgIpc) is 2.90. The Balaban J connectivity index is 1.60. The van der Waals surface area contributed by atoms with Gasteiger partial charge >= 0.3 is 6.03 Å². The van der Waals surface area contributed by atoms with E-state index in [-0.39, 0.29) is 29.9 Å². The molecule has 0 bridgehead atoms. The minimum atomic E-state index is -0.294. The Bertz CT molecular complexity index is 509. The Morgan fingerprint density at radius 3 is 2.87 bits per heavy atom. The van der Waals surface area contributed by atoms with Gasteiger partial charge in [0.1, 0.15) is 11.6 Å². The second kappa shape index (κ2) is 8.15. The van der Waals surface area contributed by atoms with Crippen LogP contribution in [-0.4, -0.2) is 36.9 Å². The molecule has 1 aromatic carbocycles. The molecule has 0 saturated heterocycles. The van der Waals surface area contributed by atoms with Gasteiger partial charge in [0.2, 0.25) is 0 Å². The van der Waals surface area contributed by atoms with Crippen molar-refractivity contribution in [3.05, 3.63) is 30.1 Å². The molecule has 0 heterocycles. The lowest BCUT2D eigenvalue weighted by molar-refractivity contribution is 0.121. The second-order valence-electron chi connectivity index (χ2n) is 6.31. The summed E-state index contributed by atoms with van der Waals surface area (Å²) in [6, 6.07) is 5.65. The lowest BCUT2D eigenvalue weighted by Gasteiger charge is -2.30. The minimum absolute atomic E-state index is 0.0166. The van der Waals surface area contributed by atoms with Crippen molar-refractivity contribution in [2.75, 3.05) is 19.8 Å². The Hall–Kier alpha value is -1.82. The highest BCUT2D eigenvalue weighted by atomic mass is 19.1. The van der Waals surface area contributed by atoms with Crippen molar-refractivity contribution in [2.45, 2.75) is 38.6 Å². The molecule has 1 aromatic rings. The number of halogens is 1. The van der Waals surface area contributed by atoms with E-state index in [0.717, 1.165) is 19.3 Å². The van der Waals surface area contributed by atoms with Crippen LogP contribution in [0.4, 0.5) is 9.18 Å². The molecule has 1 saturated carbocycles. The fraction of sp³-hybridized carbons (Fsp3) is 0.588. The molecule has 5 nitrogen and oxygen atoms in total. The van der Waals surface area contributed by atoms with Crippen molar-refractivity contribution in [3.63, 3.8) is 0 Å². The topological polar surface area (TPSA) is 70.6 Å². The van der Waals surface area contributed by atoms with Crippen LogP contribution in [-0.2, 0) is 0 Å². The number of amides is 2. The summed E-state index contributed by atoms with van der Waals surface area (Å²) < 4.78 is 18.2. The van der Waals surface area contributed by atoms with Gasteiger partial charge in [-0.15, -0.1) is 0 Å². The summed E-state index contributed by atoms with van der Waals surface area (Å²) in [4.78, 5) is 11.9. The summed E-state index contributed by atoms with van der Waals surface area (Å²) in [7, 11) is 0. The number of aliphatic hydroxyl groups is 1. The largest absolute Gasteiger partial charge is 0.494 e. The van der Waals surface area contributed by atoms with Gasteiger partial charge in [-0.05, 0) is 43.5 Å². The number of carbonyl (C=O) groups is 1. The van der Waals surface area contributed by atoms with Crippen LogP contribution in [0.2, 0.25) is 0 Å². The minimum Gasteiger partial charge on any atom is -0.494 e. The number of hydrogen-bond donors (Lipinski definition) is 3. The average molecular weight is 324 g/mol. The molecular weight excluding hydrogens is 299 g/mol. The molecule has 1 aliphatic carbocycles. The molecule has 23 heavy (non-hydrogen) atoms. The Kier molecular flexibility index (Phi) is 6.21. The van der Waals surface area contributed by atoms with Crippen molar-refractivity contribution in [2.24, 2.45) is 5.41 Å². The standard InChI is InChI=1S/C17H25FN2O3/c1-17(12-21)9-2-4-15(17)20-16(22)19-10-3-11-23-14-7-5-13(18)6-8-14/h5-8,15,21H,2-4,9-12H2,1H3,(H2,19,20,22). The third-order valence-electron chi connectivity index (χ3n) is 4.44. The van der Waals surface area contributed by atoms with Crippen LogP contribution in [0.25, 0.3) is 0 Å². The zero-order chi connectivity index (χ0) is 16.7. The van der Waals surface area contributed by atoms with Crippen LogP contribution < -0.4 is 15.4 Å². The lowest BCUT2D eigenvalue weighted by atomic mass is 9.86. The van der Waals surface area contributed by atoms with Crippen molar-refractivity contribution in [1.82, 2.24) is 10.6 Å². The van der Waals surface area contributed by atoms with E-state index in [1.54, 1.807) is 12.1 Å². The second-order valence-corrected chi connectivity index (χ2v) is 6.31. The molecule has 2 rings (SSSR count). The molecule has 1 aliphatic rings. The van der Waals surface area contributed by atoms with E-state index in [1.807, 2.05) is 6.92 Å². The molecule has 6 heteroatoms. The first-order chi connectivity index (χ1) is 11.0. The molecule has 128 valence electrons. The van der Waals surface area contributed by atoms with Crippen LogP contribution in [0.15, 0.2) is 24.3 Å². The van der Waals surface area contributed by atoms with Crippen LogP contribution in [0.3, 0.4) is 0 Å². The molecule has 1 fully saturated rings. The van der Waals surface area contributed by atoms with Gasteiger partial charge < -0.3 is 20.5 Å². The number of ether oxygens (including phenoxy) is 1. The summed E-state index contributed by atoms with van der Waals surface area (Å²) >= 11 is 0. The highest BCUT2D eigenvalue weighted by Gasteiger charge is 2.38. The van der Waals surface area contributed by atoms with Gasteiger partial charge in [0.15, 0.2) is 0 Å². The molecule has 0 aromatic heterocycles. The third kappa shape index (κ3) is 5.10. The summed E-state index contributed by atoms with van der Waals surface area (Å²) in [5, 5.41) is 15.2. The number of rotatable bonds is 7. The van der Waals surface area contributed by atoms with E-state index < -0.39 is 0 Å². The smallest absolute Gasteiger partial charge is 0.315 e. The maximum absolute atomic E-state index is 12.7. The molecule has 0 radical (unpaired) electrons. The van der Waals surface area contributed by atoms with E-state index in [2.05, 4.69) is 10.6 Å². The number of nitrogens with one attached hydrogen (secondary N) is 2. The first-order valence-corrected chi connectivity index (χ1v) is 8.07. The van der Waals surface area contributed by atoms with Crippen molar-refractivity contribution >= 4 is 6.03 Å². The van der Waals surface area contributed by atoms with Crippen LogP contribution in [0.1, 0.15) is 32.6 Å². The number of carbonyl (C=O) groups excluding carboxylic acids is 1. The van der Waals surface area contributed by atoms with Crippen LogP contribution in [0, 0.1) is 11.2 Å². The number of benzene rings is 1. The number of urea groups is 1. The van der Waals surface area contributed by atoms with Gasteiger partial charge in [-0.3, -0.25) is 0 Å². The normalized spacial score (nSPS) is 23.5. The van der Waals surface area contributed by atoms with Gasteiger partial charge in [0, 0.05) is 18.0 Å². The van der Waals surface area contributed by atoms with Gasteiger partial charge in [-0.25, -0.2) is 9.18 Å².